The second-order valence-corrected chi connectivity index (χ2v) is 30.7. The van der Waals surface area contributed by atoms with Gasteiger partial charge in [0, 0.05) is 73.8 Å². The number of carboxylic acids is 2. The molecular weight excluding hydrogens is 1720 g/mol. The van der Waals surface area contributed by atoms with Gasteiger partial charge in [0.25, 0.3) is 0 Å². The Morgan fingerprint density at radius 1 is 0.456 bits per heavy atom. The van der Waals surface area contributed by atoms with Crippen LogP contribution in [0.1, 0.15) is 115 Å². The van der Waals surface area contributed by atoms with E-state index in [1.165, 1.54) is 103 Å². The molecule has 4 saturated heterocycles. The highest BCUT2D eigenvalue weighted by Gasteiger charge is 2.41. The van der Waals surface area contributed by atoms with Crippen LogP contribution in [0.25, 0.3) is 21.8 Å². The number of ether oxygens (including phenoxy) is 6. The quantitative estimate of drug-likeness (QED) is 0.0253. The summed E-state index contributed by atoms with van der Waals surface area (Å²) in [7, 11) is 0. The molecule has 4 aliphatic heterocycles. The number of fused-ring (bicyclic) bond motifs is 2. The molecule has 2 aromatic heterocycles. The van der Waals surface area contributed by atoms with Gasteiger partial charge in [0.1, 0.15) is 40.2 Å². The molecule has 12 rings (SSSR count). The van der Waals surface area contributed by atoms with Gasteiger partial charge >= 0.3 is 67.7 Å². The molecule has 4 atom stereocenters. The lowest BCUT2D eigenvalue weighted by Gasteiger charge is -2.28. The van der Waals surface area contributed by atoms with Gasteiger partial charge in [-0.05, 0) is 182 Å². The lowest BCUT2D eigenvalue weighted by Crippen LogP contribution is -2.43. The molecule has 125 heavy (non-hydrogen) atoms. The van der Waals surface area contributed by atoms with E-state index >= 15 is 0 Å². The summed E-state index contributed by atoms with van der Waals surface area (Å²) in [5.74, 6) is -3.82. The number of urea groups is 1. The van der Waals surface area contributed by atoms with Crippen LogP contribution in [0.4, 0.5) is 88.0 Å². The summed E-state index contributed by atoms with van der Waals surface area (Å²) in [6.07, 6.45) is -12.2. The van der Waals surface area contributed by atoms with Crippen molar-refractivity contribution in [1.82, 2.24) is 29.2 Å². The Morgan fingerprint density at radius 2 is 0.824 bits per heavy atom. The van der Waals surface area contributed by atoms with Crippen molar-refractivity contribution >= 4 is 116 Å². The van der Waals surface area contributed by atoms with Crippen LogP contribution in [-0.4, -0.2) is 186 Å². The van der Waals surface area contributed by atoms with Crippen molar-refractivity contribution < 1.29 is 139 Å². The number of ketones is 3. The Bertz CT molecular complexity index is 5030. The number of carbonyl (C=O) groups is 10. The van der Waals surface area contributed by atoms with Crippen molar-refractivity contribution in [2.24, 2.45) is 11.5 Å². The van der Waals surface area contributed by atoms with E-state index in [0.717, 1.165) is 49.4 Å². The van der Waals surface area contributed by atoms with Gasteiger partial charge in [-0.25, -0.2) is 28.8 Å². The number of carbonyl (C=O) groups excluding carboxylic acids is 8. The van der Waals surface area contributed by atoms with E-state index in [2.05, 4.69) is 29.6 Å². The van der Waals surface area contributed by atoms with Gasteiger partial charge in [0.05, 0.1) is 46.6 Å². The Labute approximate surface area is 717 Å². The Kier molecular flexibility index (Phi) is 36.9. The lowest BCUT2D eigenvalue weighted by atomic mass is 10.0. The number of hydrogen-bond donors (Lipinski definition) is 7. The maximum Gasteiger partial charge on any atom is 0.573 e. The zero-order valence-electron chi connectivity index (χ0n) is 68.0. The molecule has 10 N–H and O–H groups in total. The number of rotatable bonds is 17. The van der Waals surface area contributed by atoms with E-state index in [-0.39, 0.29) is 77.3 Å². The fourth-order valence-corrected chi connectivity index (χ4v) is 13.1. The van der Waals surface area contributed by atoms with Gasteiger partial charge in [-0.3, -0.25) is 38.1 Å². The number of nitrogens with two attached hydrogens (primary N) is 3. The second-order valence-electron chi connectivity index (χ2n) is 29.9. The Morgan fingerprint density at radius 3 is 1.22 bits per heavy atom. The van der Waals surface area contributed by atoms with Crippen LogP contribution in [0, 0.1) is 0 Å². The molecule has 4 aliphatic rings. The summed E-state index contributed by atoms with van der Waals surface area (Å²) in [6.45, 7) is 12.5. The average molecular weight is 1820 g/mol. The minimum Gasteiger partial charge on any atom is -0.481 e. The highest BCUT2D eigenvalue weighted by Crippen LogP contribution is 2.33. The van der Waals surface area contributed by atoms with Gasteiger partial charge < -0.3 is 71.4 Å². The van der Waals surface area contributed by atoms with Gasteiger partial charge in [0.15, 0.2) is 17.3 Å². The van der Waals surface area contributed by atoms with E-state index in [1.807, 2.05) is 0 Å². The van der Waals surface area contributed by atoms with Crippen molar-refractivity contribution in [3.05, 3.63) is 180 Å². The van der Waals surface area contributed by atoms with E-state index in [4.69, 9.17) is 60.1 Å². The first-order valence-electron chi connectivity index (χ1n) is 38.2. The number of hydrogen-bond acceptors (Lipinski definition) is 18. The maximum atomic E-state index is 13.0. The molecule has 28 nitrogen and oxygen atoms in total. The van der Waals surface area contributed by atoms with Crippen LogP contribution in [-0.2, 0) is 59.1 Å². The normalized spacial score (nSPS) is 16.2. The predicted octanol–water partition coefficient (Wildman–Crippen LogP) is 17.1. The number of nitrogens with one attached hydrogen (secondary N) is 2. The third kappa shape index (κ3) is 34.8. The summed E-state index contributed by atoms with van der Waals surface area (Å²) < 4.78 is 174. The fraction of sp³-hybridized carbons (Fsp3) is 0.398. The van der Waals surface area contributed by atoms with Crippen LogP contribution in [0.5, 0.6) is 23.0 Å². The van der Waals surface area contributed by atoms with Crippen molar-refractivity contribution in [1.29, 1.82) is 0 Å². The number of primary amides is 2. The minimum atomic E-state index is -4.83. The zero-order valence-corrected chi connectivity index (χ0v) is 69.5. The minimum absolute atomic E-state index is 0.00154. The summed E-state index contributed by atoms with van der Waals surface area (Å²) in [5, 5.41) is 25.0. The van der Waals surface area contributed by atoms with Crippen LogP contribution in [0.15, 0.2) is 158 Å². The molecule has 6 amide bonds. The van der Waals surface area contributed by atoms with Crippen LogP contribution >= 0.6 is 23.2 Å². The number of halogens is 14. The molecular formula is C83H92Cl2F12N10O18. The molecule has 0 spiro atoms. The molecule has 0 bridgehead atoms. The average Bonchev–Trinajstić information content (AvgIpc) is 1.64. The molecule has 0 radical (unpaired) electrons. The number of benzene rings is 6. The van der Waals surface area contributed by atoms with Gasteiger partial charge in [-0.15, -0.1) is 75.9 Å². The number of anilines is 2. The van der Waals surface area contributed by atoms with Gasteiger partial charge in [-0.2, -0.15) is 0 Å². The van der Waals surface area contributed by atoms with Crippen LogP contribution in [0.3, 0.4) is 0 Å². The van der Waals surface area contributed by atoms with Crippen molar-refractivity contribution in [3.8, 4) is 23.0 Å². The third-order valence-corrected chi connectivity index (χ3v) is 17.9. The number of aliphatic carboxylic acids is 2. The number of alkyl halides is 14. The molecule has 8 aromatic rings. The summed E-state index contributed by atoms with van der Waals surface area (Å²) in [6, 6.07) is 31.1. The number of para-hydroxylation sites is 2. The van der Waals surface area contributed by atoms with E-state index in [9.17, 15) is 101 Å². The first-order chi connectivity index (χ1) is 58.3. The molecule has 42 heteroatoms. The topological polar surface area (TPSA) is 388 Å². The number of carboxylic acid groups (broad SMARTS) is 2. The maximum absolute atomic E-state index is 13.0. The number of nitrogen functional groups attached to an aromatic ring is 1. The van der Waals surface area contributed by atoms with Crippen LogP contribution < -0.4 is 46.8 Å². The Hall–Kier alpha value is -12.2. The summed E-state index contributed by atoms with van der Waals surface area (Å²) >= 11 is 9.53. The number of aromatic nitrogens is 2. The number of amides is 6. The van der Waals surface area contributed by atoms with Crippen molar-refractivity contribution in [2.45, 2.75) is 179 Å². The molecule has 6 heterocycles. The molecule has 0 aliphatic carbocycles. The second kappa shape index (κ2) is 45.4. The first kappa shape index (κ1) is 102. The standard InChI is InChI=1S/C23H21F3N4O4.C18H22F3NO4.C13H14F3NO2.C11H10N2O3.C10H17NO4.C7H6F3NO.CH2Cl2/c24-23(25,26)34-15-6-3-5-14(11-15)12-20(31)19-9-4-10-29(19)22(33)28-17-13-30(21(27)32)18-8-2-1-7-16(17)18;1-17(2,3)26-16(24)22-9-5-8-14(22)15(23)11-12-6-4-7-13(10-12)25-18(19,20)21;14-13(15,16)19-10-4-1-3-9(7-10)8-12(18)11-5-2-6-17-11;12-11(16)13-6-7(5-10(14)15)8-3-1-2-4-9(8)13;1-10(2,3)15-9(14)11-6-4-5-7(11)8(12)13;8-7(9,10)12-6-3-1-2-5(11)4-6;2-1-3/h1-3,5-8,11,13,19H,4,9-10,12H2,(H2,27,32)(H,28,33);4,6-7,10,14H,5,8-9,11H2,1-3H3;1,3-4,7,11,17H,2,5-6,8H2;1-4,6H,5H2,(H2,12,16)(H,14,15);7H,4-6H2,1-3H3,(H,12,13);1-4H,11H2;1H2/t19-;14-;11-;;7-;;/m000.0../s1. The molecule has 6 aromatic carbocycles. The zero-order chi connectivity index (χ0) is 93.1. The van der Waals surface area contributed by atoms with E-state index in [0.29, 0.717) is 96.1 Å². The number of nitrogens with zero attached hydrogens (tertiary/aromatic N) is 5. The first-order valence-corrected chi connectivity index (χ1v) is 39.3. The van der Waals surface area contributed by atoms with Crippen LogP contribution in [0.2, 0.25) is 0 Å². The van der Waals surface area contributed by atoms with Crippen molar-refractivity contribution in [2.75, 3.05) is 42.6 Å². The smallest absolute Gasteiger partial charge is 0.481 e. The summed E-state index contributed by atoms with van der Waals surface area (Å²) in [5.41, 5.74) is 18.2. The van der Waals surface area contributed by atoms with Gasteiger partial charge in [-0.1, -0.05) is 78.9 Å². The van der Waals surface area contributed by atoms with Gasteiger partial charge in [0.2, 0.25) is 0 Å². The molecule has 0 saturated carbocycles. The van der Waals surface area contributed by atoms with Crippen molar-refractivity contribution in [3.63, 3.8) is 0 Å². The fourth-order valence-electron chi connectivity index (χ4n) is 13.1. The monoisotopic (exact) mass is 1810 g/mol. The molecule has 4 fully saturated rings. The van der Waals surface area contributed by atoms with E-state index in [1.54, 1.807) is 102 Å². The largest absolute Gasteiger partial charge is 0.573 e. The summed E-state index contributed by atoms with van der Waals surface area (Å²) in [4.78, 5) is 123. The lowest BCUT2D eigenvalue weighted by molar-refractivity contribution is -0.275. The highest BCUT2D eigenvalue weighted by molar-refractivity contribution is 6.40. The Balaban J connectivity index is 0.000000238. The molecule has 0 unspecified atom stereocenters. The molecule has 680 valence electrons. The third-order valence-electron chi connectivity index (χ3n) is 17.9. The number of likely N-dealkylation sites (tertiary alicyclic amines) is 3. The predicted molar refractivity (Wildman–Crippen MR) is 434 cm³/mol. The highest BCUT2D eigenvalue weighted by atomic mass is 35.5. The SMILES string of the molecule is CC(C)(C)OC(=O)N1CCC[C@H]1C(=O)Cc1cccc(OC(F)(F)F)c1.CC(C)(C)OC(=O)N1CCC[C@H]1C(=O)O.ClCCl.NC(=O)n1cc(CC(=O)O)c2ccccc21.NC(=O)n1cc(NC(=O)N2CCC[C@H]2C(=O)Cc2cccc(OC(F)(F)F)c2)c2ccccc21.Nc1cccc(OC(F)(F)F)c1.O=C(Cc1cccc(OC(F)(F)F)c1)[C@@H]1CCCN1. The van der Waals surface area contributed by atoms with E-state index < -0.39 is 103 Å². The number of Topliss-reactive ketones (excluding diaryl/α,β-unsaturated/α-hetero) is 3.